The third-order valence-corrected chi connectivity index (χ3v) is 4.98. The van der Waals surface area contributed by atoms with Crippen molar-refractivity contribution in [3.05, 3.63) is 71.5 Å². The number of nitrogens with one attached hydrogen (secondary N) is 1. The van der Waals surface area contributed by atoms with E-state index in [1.54, 1.807) is 0 Å². The van der Waals surface area contributed by atoms with E-state index < -0.39 is 36.1 Å². The highest BCUT2D eigenvalue weighted by Gasteiger charge is 2.45. The Morgan fingerprint density at radius 2 is 1.93 bits per heavy atom. The summed E-state index contributed by atoms with van der Waals surface area (Å²) in [7, 11) is 1.87. The maximum atomic E-state index is 13.3. The number of amides is 1. The average molecular weight is 388 g/mol. The highest BCUT2D eigenvalue weighted by atomic mass is 19.1. The van der Waals surface area contributed by atoms with Crippen LogP contribution in [0.25, 0.3) is 0 Å². The molecule has 0 radical (unpaired) electrons. The summed E-state index contributed by atoms with van der Waals surface area (Å²) >= 11 is 0. The molecule has 0 spiro atoms. The van der Waals surface area contributed by atoms with Crippen molar-refractivity contribution in [3.8, 4) is 0 Å². The predicted octanol–water partition coefficient (Wildman–Crippen LogP) is 1.18. The molecule has 4 atom stereocenters. The van der Waals surface area contributed by atoms with E-state index in [1.807, 2.05) is 42.3 Å². The van der Waals surface area contributed by atoms with Crippen LogP contribution in [0.2, 0.25) is 0 Å². The van der Waals surface area contributed by atoms with Crippen LogP contribution < -0.4 is 5.32 Å². The molecule has 3 N–H and O–H groups in total. The van der Waals surface area contributed by atoms with Crippen LogP contribution in [0, 0.1) is 5.82 Å². The van der Waals surface area contributed by atoms with Gasteiger partial charge in [-0.15, -0.1) is 0 Å². The molecule has 1 aliphatic heterocycles. The van der Waals surface area contributed by atoms with Gasteiger partial charge in [0, 0.05) is 18.7 Å². The van der Waals surface area contributed by atoms with E-state index in [1.165, 1.54) is 18.2 Å². The smallest absolute Gasteiger partial charge is 0.251 e. The summed E-state index contributed by atoms with van der Waals surface area (Å²) in [5.74, 6) is -0.907. The molecule has 1 fully saturated rings. The molecule has 1 heterocycles. The van der Waals surface area contributed by atoms with Crippen LogP contribution in [0.1, 0.15) is 15.9 Å². The second-order valence-electron chi connectivity index (χ2n) is 7.00. The first-order valence-electron chi connectivity index (χ1n) is 9.22. The molecule has 2 aromatic carbocycles. The fourth-order valence-electron chi connectivity index (χ4n) is 3.59. The van der Waals surface area contributed by atoms with Crippen LogP contribution >= 0.6 is 0 Å². The third-order valence-electron chi connectivity index (χ3n) is 4.98. The normalized spacial score (nSPS) is 24.5. The Morgan fingerprint density at radius 1 is 1.18 bits per heavy atom. The van der Waals surface area contributed by atoms with Gasteiger partial charge in [0.15, 0.2) is 0 Å². The Bertz CT molecular complexity index is 789. The second kappa shape index (κ2) is 9.25. The number of hydrogen-bond donors (Lipinski definition) is 3. The highest BCUT2D eigenvalue weighted by molar-refractivity contribution is 5.94. The van der Waals surface area contributed by atoms with Gasteiger partial charge in [0.1, 0.15) is 18.0 Å². The van der Waals surface area contributed by atoms with E-state index in [4.69, 9.17) is 4.74 Å². The molecule has 2 aromatic rings. The van der Waals surface area contributed by atoms with Gasteiger partial charge in [-0.1, -0.05) is 36.4 Å². The van der Waals surface area contributed by atoms with Gasteiger partial charge in [-0.25, -0.2) is 4.39 Å². The Hall–Kier alpha value is -2.32. The van der Waals surface area contributed by atoms with Crippen LogP contribution in [0.15, 0.2) is 54.6 Å². The summed E-state index contributed by atoms with van der Waals surface area (Å²) in [6, 6.07) is 14.8. The number of aliphatic hydroxyl groups is 2. The summed E-state index contributed by atoms with van der Waals surface area (Å²) in [6.45, 7) is 0.399. The number of halogens is 1. The molecule has 6 nitrogen and oxygen atoms in total. The minimum atomic E-state index is -0.894. The number of carbonyl (C=O) groups excluding carboxylic acids is 1. The first-order valence-corrected chi connectivity index (χ1v) is 9.22. The summed E-state index contributed by atoms with van der Waals surface area (Å²) in [5, 5.41) is 22.8. The lowest BCUT2D eigenvalue weighted by atomic mass is 10.0. The van der Waals surface area contributed by atoms with Gasteiger partial charge in [-0.2, -0.15) is 0 Å². The van der Waals surface area contributed by atoms with Gasteiger partial charge in [-0.05, 0) is 30.8 Å². The highest BCUT2D eigenvalue weighted by Crippen LogP contribution is 2.26. The zero-order valence-electron chi connectivity index (χ0n) is 15.7. The number of rotatable bonds is 7. The van der Waals surface area contributed by atoms with Crippen molar-refractivity contribution in [2.75, 3.05) is 20.2 Å². The molecule has 1 aliphatic rings. The Kier molecular flexibility index (Phi) is 6.74. The van der Waals surface area contributed by atoms with E-state index >= 15 is 0 Å². The molecule has 0 saturated carbocycles. The summed E-state index contributed by atoms with van der Waals surface area (Å²) in [4.78, 5) is 14.2. The van der Waals surface area contributed by atoms with Gasteiger partial charge >= 0.3 is 0 Å². The lowest BCUT2D eigenvalue weighted by Crippen LogP contribution is -2.49. The number of likely N-dealkylation sites (N-methyl/N-ethyl adjacent to an activating group) is 1. The largest absolute Gasteiger partial charge is 0.394 e. The maximum absolute atomic E-state index is 13.3. The van der Waals surface area contributed by atoms with E-state index in [9.17, 15) is 19.4 Å². The lowest BCUT2D eigenvalue weighted by molar-refractivity contribution is -0.0209. The molecule has 0 unspecified atom stereocenters. The molecule has 28 heavy (non-hydrogen) atoms. The molecule has 150 valence electrons. The zero-order chi connectivity index (χ0) is 20.1. The first-order chi connectivity index (χ1) is 13.5. The molecule has 7 heteroatoms. The monoisotopic (exact) mass is 388 g/mol. The standard InChI is InChI=1S/C21H25FN2O4/c1-24(12-14-6-3-2-4-7-14)19-17(28-18(13-25)20(19)26)11-23-21(27)15-8-5-9-16(22)10-15/h2-10,17-20,25-26H,11-13H2,1H3,(H,23,27)/t17-,18+,19+,20-/m1/s1. The number of carbonyl (C=O) groups is 1. The van der Waals surface area contributed by atoms with Crippen LogP contribution in [0.4, 0.5) is 4.39 Å². The molecule has 0 bridgehead atoms. The number of hydrogen-bond acceptors (Lipinski definition) is 5. The second-order valence-corrected chi connectivity index (χ2v) is 7.00. The van der Waals surface area contributed by atoms with E-state index in [0.717, 1.165) is 11.6 Å². The molecule has 1 saturated heterocycles. The van der Waals surface area contributed by atoms with Gasteiger partial charge in [-0.3, -0.25) is 9.69 Å². The average Bonchev–Trinajstić information content (AvgIpc) is 3.02. The molecular formula is C21H25FN2O4. The Balaban J connectivity index is 1.67. The van der Waals surface area contributed by atoms with Crippen molar-refractivity contribution in [1.82, 2.24) is 10.2 Å². The van der Waals surface area contributed by atoms with Crippen molar-refractivity contribution in [3.63, 3.8) is 0 Å². The van der Waals surface area contributed by atoms with E-state index in [2.05, 4.69) is 5.32 Å². The quantitative estimate of drug-likeness (QED) is 0.664. The van der Waals surface area contributed by atoms with Crippen LogP contribution in [-0.4, -0.2) is 65.6 Å². The molecule has 1 amide bonds. The van der Waals surface area contributed by atoms with Crippen LogP contribution in [0.5, 0.6) is 0 Å². The summed E-state index contributed by atoms with van der Waals surface area (Å²) in [5.41, 5.74) is 1.29. The Labute approximate surface area is 163 Å². The molecular weight excluding hydrogens is 363 g/mol. The minimum Gasteiger partial charge on any atom is -0.394 e. The van der Waals surface area contributed by atoms with Crippen LogP contribution in [0.3, 0.4) is 0 Å². The first kappa shape index (κ1) is 20.4. The topological polar surface area (TPSA) is 82.0 Å². The fraction of sp³-hybridized carbons (Fsp3) is 0.381. The Morgan fingerprint density at radius 3 is 2.61 bits per heavy atom. The summed E-state index contributed by atoms with van der Waals surface area (Å²) in [6.07, 6.45) is -2.13. The van der Waals surface area contributed by atoms with Crippen molar-refractivity contribution < 1.29 is 24.1 Å². The van der Waals surface area contributed by atoms with Crippen LogP contribution in [-0.2, 0) is 11.3 Å². The van der Waals surface area contributed by atoms with Gasteiger partial charge in [0.2, 0.25) is 0 Å². The van der Waals surface area contributed by atoms with E-state index in [0.29, 0.717) is 6.54 Å². The minimum absolute atomic E-state index is 0.132. The molecule has 3 rings (SSSR count). The van der Waals surface area contributed by atoms with Gasteiger partial charge in [0.25, 0.3) is 5.91 Å². The molecule has 0 aromatic heterocycles. The van der Waals surface area contributed by atoms with Crippen molar-refractivity contribution in [1.29, 1.82) is 0 Å². The van der Waals surface area contributed by atoms with Gasteiger partial charge < -0.3 is 20.3 Å². The van der Waals surface area contributed by atoms with Crippen molar-refractivity contribution >= 4 is 5.91 Å². The fourth-order valence-corrected chi connectivity index (χ4v) is 3.59. The van der Waals surface area contributed by atoms with Crippen molar-refractivity contribution in [2.24, 2.45) is 0 Å². The third kappa shape index (κ3) is 4.74. The predicted molar refractivity (Wildman–Crippen MR) is 102 cm³/mol. The van der Waals surface area contributed by atoms with E-state index in [-0.39, 0.29) is 18.7 Å². The van der Waals surface area contributed by atoms with Gasteiger partial charge in [0.05, 0.1) is 18.8 Å². The maximum Gasteiger partial charge on any atom is 0.251 e. The molecule has 0 aliphatic carbocycles. The summed E-state index contributed by atoms with van der Waals surface area (Å²) < 4.78 is 19.1. The van der Waals surface area contributed by atoms with Crippen molar-refractivity contribution in [2.45, 2.75) is 30.9 Å². The number of aliphatic hydroxyl groups excluding tert-OH is 2. The number of ether oxygens (including phenoxy) is 1. The zero-order valence-corrected chi connectivity index (χ0v) is 15.7. The number of nitrogens with zero attached hydrogens (tertiary/aromatic N) is 1. The number of benzene rings is 2. The lowest BCUT2D eigenvalue weighted by Gasteiger charge is -2.30. The SMILES string of the molecule is CN(Cc1ccccc1)[C@@H]1[C@H](O)[C@H](CO)O[C@@H]1CNC(=O)c1cccc(F)c1.